The highest BCUT2D eigenvalue weighted by Gasteiger charge is 2.46. The summed E-state index contributed by atoms with van der Waals surface area (Å²) in [5, 5.41) is 12.3. The number of rotatable bonds is 8. The Morgan fingerprint density at radius 2 is 1.94 bits per heavy atom. The second-order valence-corrected chi connectivity index (χ2v) is 8.62. The van der Waals surface area contributed by atoms with Gasteiger partial charge in [-0.2, -0.15) is 0 Å². The number of carbonyl (C=O) groups is 2. The molecule has 2 aromatic carbocycles. The molecule has 4 rings (SSSR count). The number of Topliss-reactive ketones (excluding diaryl/α,β-unsaturated/α-hetero) is 1. The number of ketones is 1. The molecule has 3 aromatic rings. The molecule has 1 atom stereocenters. The lowest BCUT2D eigenvalue weighted by Gasteiger charge is -2.24. The number of nitrogens with zero attached hydrogens (tertiary/aromatic N) is 1. The van der Waals surface area contributed by atoms with Crippen molar-refractivity contribution < 1.29 is 24.2 Å². The number of aromatic amines is 1. The molecule has 0 radical (unpaired) electrons. The van der Waals surface area contributed by atoms with Crippen LogP contribution in [0.3, 0.4) is 0 Å². The Kier molecular flexibility index (Phi) is 6.75. The lowest BCUT2D eigenvalue weighted by molar-refractivity contribution is -0.140. The third kappa shape index (κ3) is 4.07. The van der Waals surface area contributed by atoms with E-state index in [4.69, 9.17) is 9.47 Å². The summed E-state index contributed by atoms with van der Waals surface area (Å²) in [6.07, 6.45) is 1.80. The molecule has 1 aliphatic heterocycles. The molecular weight excluding hydrogens is 432 g/mol. The molecule has 1 aliphatic rings. The van der Waals surface area contributed by atoms with Crippen LogP contribution in [0.15, 0.2) is 54.2 Å². The van der Waals surface area contributed by atoms with Crippen LogP contribution in [0.25, 0.3) is 16.7 Å². The first-order valence-electron chi connectivity index (χ1n) is 11.5. The van der Waals surface area contributed by atoms with Crippen LogP contribution in [-0.2, 0) is 14.3 Å². The number of amides is 1. The molecule has 2 N–H and O–H groups in total. The largest absolute Gasteiger partial charge is 0.507 e. The zero-order chi connectivity index (χ0) is 24.4. The summed E-state index contributed by atoms with van der Waals surface area (Å²) >= 11 is 0. The van der Waals surface area contributed by atoms with Gasteiger partial charge in [-0.1, -0.05) is 32.0 Å². The molecule has 0 saturated carbocycles. The van der Waals surface area contributed by atoms with E-state index in [1.54, 1.807) is 25.4 Å². The Bertz CT molecular complexity index is 1260. The van der Waals surface area contributed by atoms with Crippen LogP contribution < -0.4 is 4.74 Å². The third-order valence-corrected chi connectivity index (χ3v) is 6.20. The van der Waals surface area contributed by atoms with Gasteiger partial charge in [-0.25, -0.2) is 0 Å². The van der Waals surface area contributed by atoms with Crippen molar-refractivity contribution in [1.29, 1.82) is 0 Å². The Morgan fingerprint density at radius 3 is 2.65 bits per heavy atom. The van der Waals surface area contributed by atoms with Crippen LogP contribution in [-0.4, -0.2) is 53.5 Å². The van der Waals surface area contributed by atoms with Crippen LogP contribution in [0.1, 0.15) is 49.4 Å². The van der Waals surface area contributed by atoms with Gasteiger partial charge in [-0.05, 0) is 42.7 Å². The summed E-state index contributed by atoms with van der Waals surface area (Å²) in [5.41, 5.74) is 3.11. The topological polar surface area (TPSA) is 91.9 Å². The number of hydrogen-bond acceptors (Lipinski definition) is 5. The van der Waals surface area contributed by atoms with Crippen molar-refractivity contribution in [3.8, 4) is 5.75 Å². The summed E-state index contributed by atoms with van der Waals surface area (Å²) in [5.74, 6) is -0.670. The molecule has 34 heavy (non-hydrogen) atoms. The number of nitrogens with one attached hydrogen (secondary N) is 1. The van der Waals surface area contributed by atoms with E-state index in [0.29, 0.717) is 12.2 Å². The van der Waals surface area contributed by atoms with Gasteiger partial charge in [0.2, 0.25) is 0 Å². The second kappa shape index (κ2) is 9.73. The van der Waals surface area contributed by atoms with Gasteiger partial charge in [0, 0.05) is 41.9 Å². The number of H-pyrrole nitrogens is 1. The molecule has 0 aliphatic carbocycles. The lowest BCUT2D eigenvalue weighted by Crippen LogP contribution is -2.32. The van der Waals surface area contributed by atoms with Gasteiger partial charge < -0.3 is 24.5 Å². The van der Waals surface area contributed by atoms with Gasteiger partial charge in [0.1, 0.15) is 11.5 Å². The summed E-state index contributed by atoms with van der Waals surface area (Å²) < 4.78 is 10.9. The van der Waals surface area contributed by atoms with E-state index >= 15 is 0 Å². The predicted octanol–water partition coefficient (Wildman–Crippen LogP) is 4.76. The number of methoxy groups -OCH3 is 1. The molecule has 178 valence electrons. The van der Waals surface area contributed by atoms with Gasteiger partial charge in [0.05, 0.1) is 24.8 Å². The molecule has 1 unspecified atom stereocenters. The maximum atomic E-state index is 13.2. The maximum absolute atomic E-state index is 13.2. The first-order valence-corrected chi connectivity index (χ1v) is 11.5. The van der Waals surface area contributed by atoms with Crippen LogP contribution in [0.5, 0.6) is 5.75 Å². The van der Waals surface area contributed by atoms with Crippen LogP contribution in [0.2, 0.25) is 0 Å². The van der Waals surface area contributed by atoms with Crippen LogP contribution in [0.4, 0.5) is 0 Å². The number of para-hydroxylation sites is 1. The number of hydrogen-bond donors (Lipinski definition) is 2. The molecule has 7 heteroatoms. The summed E-state index contributed by atoms with van der Waals surface area (Å²) in [4.78, 5) is 31.0. The Hall–Kier alpha value is -3.58. The second-order valence-electron chi connectivity index (χ2n) is 8.62. The summed E-state index contributed by atoms with van der Waals surface area (Å²) in [6.45, 7) is 7.01. The van der Waals surface area contributed by atoms with E-state index in [1.807, 2.05) is 51.1 Å². The van der Waals surface area contributed by atoms with E-state index in [2.05, 4.69) is 4.98 Å². The lowest BCUT2D eigenvalue weighted by atomic mass is 9.93. The number of aromatic nitrogens is 1. The van der Waals surface area contributed by atoms with Gasteiger partial charge >= 0.3 is 0 Å². The van der Waals surface area contributed by atoms with E-state index in [1.165, 1.54) is 4.90 Å². The Balaban J connectivity index is 1.90. The smallest absolute Gasteiger partial charge is 0.295 e. The van der Waals surface area contributed by atoms with Crippen LogP contribution >= 0.6 is 0 Å². The van der Waals surface area contributed by atoms with Crippen LogP contribution in [0, 0.1) is 0 Å². The van der Waals surface area contributed by atoms with E-state index in [-0.39, 0.29) is 30.4 Å². The molecule has 1 fully saturated rings. The molecule has 1 saturated heterocycles. The average Bonchev–Trinajstić information content (AvgIpc) is 3.36. The van der Waals surface area contributed by atoms with Crippen molar-refractivity contribution in [2.75, 3.05) is 26.9 Å². The van der Waals surface area contributed by atoms with E-state index < -0.39 is 17.7 Å². The number of benzene rings is 2. The molecule has 7 nitrogen and oxygen atoms in total. The van der Waals surface area contributed by atoms with Gasteiger partial charge in [0.25, 0.3) is 11.7 Å². The van der Waals surface area contributed by atoms with Crippen molar-refractivity contribution >= 4 is 28.4 Å². The first kappa shape index (κ1) is 23.6. The highest BCUT2D eigenvalue weighted by Crippen LogP contribution is 2.42. The fourth-order valence-corrected chi connectivity index (χ4v) is 4.53. The predicted molar refractivity (Wildman–Crippen MR) is 131 cm³/mol. The molecule has 1 aromatic heterocycles. The monoisotopic (exact) mass is 462 g/mol. The number of ether oxygens (including phenoxy) is 2. The van der Waals surface area contributed by atoms with Gasteiger partial charge in [0.15, 0.2) is 0 Å². The number of aliphatic hydroxyl groups excluding tert-OH is 1. The number of fused-ring (bicyclic) bond motifs is 1. The fraction of sp³-hybridized carbons (Fsp3) is 0.333. The van der Waals surface area contributed by atoms with Gasteiger partial charge in [-0.15, -0.1) is 0 Å². The van der Waals surface area contributed by atoms with Gasteiger partial charge in [-0.3, -0.25) is 9.59 Å². The fourth-order valence-electron chi connectivity index (χ4n) is 4.53. The zero-order valence-electron chi connectivity index (χ0n) is 19.9. The minimum atomic E-state index is -0.736. The van der Waals surface area contributed by atoms with Crippen molar-refractivity contribution in [2.24, 2.45) is 0 Å². The maximum Gasteiger partial charge on any atom is 0.295 e. The standard InChI is InChI=1S/C27H30N2O5/c1-5-34-22-11-10-17(14-19(22)16(2)3)25(30)23-24(29(12-13-33-4)27(32)26(23)31)20-15-28-21-9-7-6-8-18(20)21/h6-11,14-16,24,28,30H,5,12-13H2,1-4H3/b25-23+. The zero-order valence-corrected chi connectivity index (χ0v) is 19.9. The highest BCUT2D eigenvalue weighted by atomic mass is 16.5. The quantitative estimate of drug-likeness (QED) is 0.286. The number of aliphatic hydroxyl groups is 1. The summed E-state index contributed by atoms with van der Waals surface area (Å²) in [6, 6.07) is 12.3. The molecular formula is C27H30N2O5. The Labute approximate surface area is 199 Å². The minimum Gasteiger partial charge on any atom is -0.507 e. The molecule has 1 amide bonds. The normalized spacial score (nSPS) is 17.8. The average molecular weight is 463 g/mol. The first-order chi connectivity index (χ1) is 16.4. The number of likely N-dealkylation sites (tertiary alicyclic amines) is 1. The van der Waals surface area contributed by atoms with Crippen molar-refractivity contribution in [3.05, 3.63) is 70.9 Å². The van der Waals surface area contributed by atoms with E-state index in [0.717, 1.165) is 27.8 Å². The molecule has 0 bridgehead atoms. The van der Waals surface area contributed by atoms with E-state index in [9.17, 15) is 14.7 Å². The third-order valence-electron chi connectivity index (χ3n) is 6.20. The molecule has 2 heterocycles. The van der Waals surface area contributed by atoms with Crippen molar-refractivity contribution in [3.63, 3.8) is 0 Å². The van der Waals surface area contributed by atoms with Crippen molar-refractivity contribution in [2.45, 2.75) is 32.7 Å². The molecule has 0 spiro atoms. The SMILES string of the molecule is CCOc1ccc(/C(O)=C2\C(=O)C(=O)N(CCOC)C2c2c[nH]c3ccccc23)cc1C(C)C. The number of carbonyl (C=O) groups excluding carboxylic acids is 2. The Morgan fingerprint density at radius 1 is 1.18 bits per heavy atom. The summed E-state index contributed by atoms with van der Waals surface area (Å²) in [7, 11) is 1.55. The van der Waals surface area contributed by atoms with Crippen molar-refractivity contribution in [1.82, 2.24) is 9.88 Å². The minimum absolute atomic E-state index is 0.0738. The highest BCUT2D eigenvalue weighted by molar-refractivity contribution is 6.46.